The number of amides is 2. The number of halogens is 1. The van der Waals surface area contributed by atoms with Crippen LogP contribution in [0, 0.1) is 5.82 Å². The predicted octanol–water partition coefficient (Wildman–Crippen LogP) is 1.45. The molecule has 2 aromatic rings. The van der Waals surface area contributed by atoms with Crippen molar-refractivity contribution in [3.63, 3.8) is 0 Å². The first-order valence-electron chi connectivity index (χ1n) is 8.76. The van der Waals surface area contributed by atoms with Gasteiger partial charge in [0.1, 0.15) is 17.1 Å². The molecule has 1 aliphatic carbocycles. The second kappa shape index (κ2) is 5.92. The Labute approximate surface area is 141 Å². The number of hydrogen-bond donors (Lipinski definition) is 2. The fourth-order valence-corrected chi connectivity index (χ4v) is 2.62. The number of hydrogen-bond acceptors (Lipinski definition) is 3. The zero-order valence-corrected chi connectivity index (χ0v) is 12.5. The summed E-state index contributed by atoms with van der Waals surface area (Å²) >= 11 is 0. The molecule has 0 radical (unpaired) electrons. The lowest BCUT2D eigenvalue weighted by molar-refractivity contribution is 0.0949. The molecule has 3 N–H and O–H groups in total. The van der Waals surface area contributed by atoms with Crippen LogP contribution in [-0.4, -0.2) is 23.4 Å². The van der Waals surface area contributed by atoms with E-state index in [0.717, 1.165) is 12.1 Å². The van der Waals surface area contributed by atoms with Crippen LogP contribution in [0.5, 0.6) is 0 Å². The van der Waals surface area contributed by atoms with Crippen LogP contribution in [0.1, 0.15) is 43.8 Å². The van der Waals surface area contributed by atoms with Gasteiger partial charge in [0.15, 0.2) is 0 Å². The number of carbonyl (C=O) groups excluding carboxylic acids is 2. The number of pyridine rings is 1. The van der Waals surface area contributed by atoms with Crippen molar-refractivity contribution in [3.05, 3.63) is 57.8 Å². The number of benzene rings is 1. The molecule has 0 aliphatic heterocycles. The van der Waals surface area contributed by atoms with E-state index in [0.29, 0.717) is 12.8 Å². The molecule has 1 aromatic heterocycles. The Morgan fingerprint density at radius 2 is 2.00 bits per heavy atom. The van der Waals surface area contributed by atoms with Gasteiger partial charge < -0.3 is 15.6 Å². The van der Waals surface area contributed by atoms with Crippen LogP contribution in [0.15, 0.2) is 35.3 Å². The molecule has 24 heavy (non-hydrogen) atoms. The van der Waals surface area contributed by atoms with Crippen LogP contribution in [0.4, 0.5) is 4.39 Å². The Balaban J connectivity index is 2.33. The number of primary amides is 1. The number of carbonyl (C=O) groups is 2. The predicted molar refractivity (Wildman–Crippen MR) is 86.3 cm³/mol. The summed E-state index contributed by atoms with van der Waals surface area (Å²) < 4.78 is 36.5. The molecule has 3 rings (SSSR count). The zero-order chi connectivity index (χ0) is 19.9. The van der Waals surface area contributed by atoms with E-state index in [4.69, 9.17) is 9.85 Å². The van der Waals surface area contributed by atoms with Gasteiger partial charge in [0.25, 0.3) is 11.8 Å². The molecule has 1 saturated carbocycles. The molecule has 0 bridgehead atoms. The van der Waals surface area contributed by atoms with Gasteiger partial charge in [-0.05, 0) is 30.5 Å². The summed E-state index contributed by atoms with van der Waals surface area (Å²) in [6.45, 7) is -2.77. The number of nitrogens with one attached hydrogen (secondary N) is 1. The molecule has 1 fully saturated rings. The van der Waals surface area contributed by atoms with Crippen LogP contribution in [0.25, 0.3) is 11.1 Å². The molecule has 1 aromatic carbocycles. The van der Waals surface area contributed by atoms with E-state index in [1.54, 1.807) is 0 Å². The minimum absolute atomic E-state index is 0.166. The van der Waals surface area contributed by atoms with Gasteiger partial charge in [-0.2, -0.15) is 0 Å². The topological polar surface area (TPSA) is 94.2 Å². The van der Waals surface area contributed by atoms with E-state index < -0.39 is 30.0 Å². The fraction of sp³-hybridized carbons (Fsp3) is 0.235. The lowest BCUT2D eigenvalue weighted by Crippen LogP contribution is -2.32. The molecule has 1 heterocycles. The number of rotatable bonds is 4. The van der Waals surface area contributed by atoms with E-state index in [2.05, 4.69) is 0 Å². The highest BCUT2D eigenvalue weighted by Gasteiger charge is 2.31. The average Bonchev–Trinajstić information content (AvgIpc) is 3.38. The third kappa shape index (κ3) is 2.68. The second-order valence-electron chi connectivity index (χ2n) is 5.56. The van der Waals surface area contributed by atoms with Crippen LogP contribution < -0.4 is 16.5 Å². The molecule has 124 valence electrons. The average molecular weight is 332 g/mol. The van der Waals surface area contributed by atoms with E-state index >= 15 is 0 Å². The standard InChI is InChI=1S/C17H16FN3O3/c1-20-17(24)14-13(9-2-4-10(18)5-3-9)15(22)12(16(19)23)8-21(14)11-6-7-11/h2-5,8,11H,6-7H2,1H3,(H2,19,23)(H,20,24)/i1D3. The SMILES string of the molecule is [2H]C([2H])([2H])NC(=O)c1c(-c2ccc(F)cc2)c(=O)c(C(N)=O)cn1C1CC1. The summed E-state index contributed by atoms with van der Waals surface area (Å²) in [5.74, 6) is -2.52. The van der Waals surface area contributed by atoms with Crippen LogP contribution in [0.3, 0.4) is 0 Å². The van der Waals surface area contributed by atoms with Gasteiger partial charge in [0, 0.05) is 23.3 Å². The molecule has 6 nitrogen and oxygen atoms in total. The summed E-state index contributed by atoms with van der Waals surface area (Å²) in [6.07, 6.45) is 2.57. The zero-order valence-electron chi connectivity index (χ0n) is 15.5. The molecule has 2 amide bonds. The van der Waals surface area contributed by atoms with Gasteiger partial charge in [0.05, 0.1) is 5.56 Å². The van der Waals surface area contributed by atoms with Crippen LogP contribution in [-0.2, 0) is 0 Å². The quantitative estimate of drug-likeness (QED) is 0.887. The van der Waals surface area contributed by atoms with Gasteiger partial charge >= 0.3 is 0 Å². The summed E-state index contributed by atoms with van der Waals surface area (Å²) in [7, 11) is 0. The largest absolute Gasteiger partial charge is 0.365 e. The van der Waals surface area contributed by atoms with Crippen molar-refractivity contribution in [1.29, 1.82) is 0 Å². The summed E-state index contributed by atoms with van der Waals surface area (Å²) in [6, 6.07) is 4.58. The Bertz CT molecular complexity index is 980. The maximum absolute atomic E-state index is 13.3. The third-order valence-corrected chi connectivity index (χ3v) is 3.90. The molecule has 0 atom stereocenters. The van der Waals surface area contributed by atoms with E-state index in [-0.39, 0.29) is 28.4 Å². The Hall–Kier alpha value is -2.96. The number of nitrogens with two attached hydrogens (primary N) is 1. The molecule has 1 aliphatic rings. The van der Waals surface area contributed by atoms with Crippen molar-refractivity contribution < 1.29 is 18.1 Å². The van der Waals surface area contributed by atoms with Gasteiger partial charge in [-0.25, -0.2) is 4.39 Å². The molecular weight excluding hydrogens is 313 g/mol. The highest BCUT2D eigenvalue weighted by atomic mass is 19.1. The van der Waals surface area contributed by atoms with Crippen molar-refractivity contribution in [2.45, 2.75) is 18.9 Å². The maximum atomic E-state index is 13.3. The summed E-state index contributed by atoms with van der Waals surface area (Å²) in [5, 5.41) is 1.87. The van der Waals surface area contributed by atoms with Crippen molar-refractivity contribution in [3.8, 4) is 11.1 Å². The lowest BCUT2D eigenvalue weighted by Gasteiger charge is -2.17. The van der Waals surface area contributed by atoms with Crippen molar-refractivity contribution in [2.24, 2.45) is 5.73 Å². The second-order valence-corrected chi connectivity index (χ2v) is 5.56. The van der Waals surface area contributed by atoms with Crippen molar-refractivity contribution in [1.82, 2.24) is 9.88 Å². The van der Waals surface area contributed by atoms with E-state index in [9.17, 15) is 18.8 Å². The Morgan fingerprint density at radius 3 is 2.54 bits per heavy atom. The number of aromatic nitrogens is 1. The monoisotopic (exact) mass is 332 g/mol. The van der Waals surface area contributed by atoms with E-state index in [1.807, 2.05) is 5.32 Å². The first kappa shape index (κ1) is 12.5. The van der Waals surface area contributed by atoms with Crippen LogP contribution in [0.2, 0.25) is 0 Å². The molecule has 0 spiro atoms. The van der Waals surface area contributed by atoms with E-state index in [1.165, 1.54) is 22.9 Å². The maximum Gasteiger partial charge on any atom is 0.268 e. The fourth-order valence-electron chi connectivity index (χ4n) is 2.62. The smallest absolute Gasteiger partial charge is 0.268 e. The van der Waals surface area contributed by atoms with Gasteiger partial charge in [-0.3, -0.25) is 14.4 Å². The molecule has 0 saturated heterocycles. The van der Waals surface area contributed by atoms with Crippen molar-refractivity contribution in [2.75, 3.05) is 6.98 Å². The highest BCUT2D eigenvalue weighted by molar-refractivity contribution is 6.01. The highest BCUT2D eigenvalue weighted by Crippen LogP contribution is 2.37. The van der Waals surface area contributed by atoms with Crippen LogP contribution >= 0.6 is 0 Å². The minimum atomic E-state index is -2.77. The molecular formula is C17H16FN3O3. The first-order valence-corrected chi connectivity index (χ1v) is 7.26. The van der Waals surface area contributed by atoms with Gasteiger partial charge in [-0.15, -0.1) is 0 Å². The molecule has 0 unspecified atom stereocenters. The van der Waals surface area contributed by atoms with Gasteiger partial charge in [0.2, 0.25) is 5.43 Å². The normalized spacial score (nSPS) is 16.0. The van der Waals surface area contributed by atoms with Gasteiger partial charge in [-0.1, -0.05) is 12.1 Å². The Morgan fingerprint density at radius 1 is 1.33 bits per heavy atom. The first-order chi connectivity index (χ1) is 12.6. The Kier molecular flexibility index (Phi) is 3.07. The number of nitrogens with zero attached hydrogens (tertiary/aromatic N) is 1. The molecule has 7 heteroatoms. The van der Waals surface area contributed by atoms with Crippen molar-refractivity contribution >= 4 is 11.8 Å². The lowest BCUT2D eigenvalue weighted by atomic mass is 9.99. The minimum Gasteiger partial charge on any atom is -0.365 e. The third-order valence-electron chi connectivity index (χ3n) is 3.90. The summed E-state index contributed by atoms with van der Waals surface area (Å²) in [5.41, 5.74) is 3.94. The summed E-state index contributed by atoms with van der Waals surface area (Å²) in [4.78, 5) is 37.3.